The van der Waals surface area contributed by atoms with Crippen LogP contribution in [0.15, 0.2) is 18.3 Å². The summed E-state index contributed by atoms with van der Waals surface area (Å²) in [5, 5.41) is 5.74. The summed E-state index contributed by atoms with van der Waals surface area (Å²) >= 11 is 0. The van der Waals surface area contributed by atoms with Crippen LogP contribution in [0.4, 0.5) is 4.79 Å². The number of methoxy groups -OCH3 is 1. The van der Waals surface area contributed by atoms with Gasteiger partial charge in [-0.3, -0.25) is 4.90 Å². The van der Waals surface area contributed by atoms with E-state index in [9.17, 15) is 4.79 Å². The minimum Gasteiger partial charge on any atom is -0.475 e. The average Bonchev–Trinajstić information content (AvgIpc) is 2.66. The molecular formula is C17H28N4O4. The zero-order valence-corrected chi connectivity index (χ0v) is 15.0. The van der Waals surface area contributed by atoms with Gasteiger partial charge in [0.2, 0.25) is 5.88 Å². The van der Waals surface area contributed by atoms with E-state index in [0.717, 1.165) is 31.9 Å². The summed E-state index contributed by atoms with van der Waals surface area (Å²) in [6.45, 7) is 7.46. The van der Waals surface area contributed by atoms with Gasteiger partial charge in [0, 0.05) is 51.6 Å². The first kappa shape index (κ1) is 19.4. The minimum atomic E-state index is -0.180. The zero-order valence-electron chi connectivity index (χ0n) is 15.0. The fourth-order valence-electron chi connectivity index (χ4n) is 2.46. The van der Waals surface area contributed by atoms with E-state index in [1.165, 1.54) is 0 Å². The number of pyridine rings is 1. The van der Waals surface area contributed by atoms with Gasteiger partial charge in [0.25, 0.3) is 0 Å². The lowest BCUT2D eigenvalue weighted by molar-refractivity contribution is 0.0209. The molecule has 1 fully saturated rings. The van der Waals surface area contributed by atoms with Gasteiger partial charge in [0.05, 0.1) is 19.8 Å². The van der Waals surface area contributed by atoms with Crippen LogP contribution in [0.2, 0.25) is 0 Å². The van der Waals surface area contributed by atoms with Gasteiger partial charge < -0.3 is 24.8 Å². The molecule has 1 aromatic heterocycles. The molecule has 2 amide bonds. The normalized spacial score (nSPS) is 16.2. The molecule has 0 spiro atoms. The van der Waals surface area contributed by atoms with Crippen molar-refractivity contribution in [2.24, 2.45) is 0 Å². The van der Waals surface area contributed by atoms with Crippen LogP contribution >= 0.6 is 0 Å². The number of aromatic nitrogens is 1. The third kappa shape index (κ3) is 7.25. The molecule has 8 nitrogen and oxygen atoms in total. The van der Waals surface area contributed by atoms with Gasteiger partial charge in [-0.05, 0) is 12.5 Å². The molecule has 0 aliphatic carbocycles. The van der Waals surface area contributed by atoms with Crippen molar-refractivity contribution in [2.75, 3.05) is 53.2 Å². The highest BCUT2D eigenvalue weighted by molar-refractivity contribution is 5.73. The third-order valence-electron chi connectivity index (χ3n) is 4.02. The molecular weight excluding hydrogens is 324 g/mol. The highest BCUT2D eigenvalue weighted by atomic mass is 16.5. The summed E-state index contributed by atoms with van der Waals surface area (Å²) < 4.78 is 15.7. The van der Waals surface area contributed by atoms with Crippen molar-refractivity contribution in [3.05, 3.63) is 23.9 Å². The number of carbonyl (C=O) groups excluding carboxylic acids is 1. The van der Waals surface area contributed by atoms with Gasteiger partial charge >= 0.3 is 6.03 Å². The Labute approximate surface area is 148 Å². The molecule has 1 aromatic rings. The number of nitrogens with zero attached hydrogens (tertiary/aromatic N) is 2. The van der Waals surface area contributed by atoms with Crippen LogP contribution in [0.1, 0.15) is 12.5 Å². The van der Waals surface area contributed by atoms with E-state index >= 15 is 0 Å². The number of amides is 2. The lowest BCUT2D eigenvalue weighted by Gasteiger charge is -2.32. The number of hydrogen-bond donors (Lipinski definition) is 2. The molecule has 2 N–H and O–H groups in total. The number of morpholine rings is 1. The first-order valence-corrected chi connectivity index (χ1v) is 8.59. The SMILES string of the molecule is COCCOc1ccc(CNC(=O)NCC(C)N2CCOCC2)cn1. The monoisotopic (exact) mass is 352 g/mol. The predicted molar refractivity (Wildman–Crippen MR) is 93.7 cm³/mol. The molecule has 2 heterocycles. The molecule has 1 atom stereocenters. The molecule has 1 aliphatic rings. The third-order valence-corrected chi connectivity index (χ3v) is 4.02. The fraction of sp³-hybridized carbons (Fsp3) is 0.647. The summed E-state index contributed by atoms with van der Waals surface area (Å²) in [5.41, 5.74) is 0.912. The number of carbonyl (C=O) groups is 1. The molecule has 140 valence electrons. The molecule has 0 aromatic carbocycles. The first-order chi connectivity index (χ1) is 12.2. The average molecular weight is 352 g/mol. The van der Waals surface area contributed by atoms with Crippen molar-refractivity contribution in [2.45, 2.75) is 19.5 Å². The van der Waals surface area contributed by atoms with E-state index in [0.29, 0.717) is 38.2 Å². The van der Waals surface area contributed by atoms with Crippen molar-refractivity contribution in [3.63, 3.8) is 0 Å². The molecule has 25 heavy (non-hydrogen) atoms. The Kier molecular flexibility index (Phi) is 8.44. The summed E-state index contributed by atoms with van der Waals surface area (Å²) in [7, 11) is 1.62. The number of urea groups is 1. The van der Waals surface area contributed by atoms with E-state index in [1.54, 1.807) is 19.4 Å². The highest BCUT2D eigenvalue weighted by Crippen LogP contribution is 2.07. The van der Waals surface area contributed by atoms with Gasteiger partial charge in [-0.1, -0.05) is 6.07 Å². The van der Waals surface area contributed by atoms with Crippen LogP contribution in [0, 0.1) is 0 Å². The van der Waals surface area contributed by atoms with Crippen LogP contribution in [0.25, 0.3) is 0 Å². The van der Waals surface area contributed by atoms with Gasteiger partial charge in [0.15, 0.2) is 0 Å². The summed E-state index contributed by atoms with van der Waals surface area (Å²) in [4.78, 5) is 18.4. The molecule has 1 saturated heterocycles. The Balaban J connectivity index is 1.63. The molecule has 0 saturated carbocycles. The Morgan fingerprint density at radius 2 is 2.12 bits per heavy atom. The maximum atomic E-state index is 11.9. The summed E-state index contributed by atoms with van der Waals surface area (Å²) in [5.74, 6) is 0.546. The van der Waals surface area contributed by atoms with Gasteiger partial charge in [-0.25, -0.2) is 9.78 Å². The summed E-state index contributed by atoms with van der Waals surface area (Å²) in [6, 6.07) is 3.78. The maximum Gasteiger partial charge on any atom is 0.315 e. The molecule has 0 bridgehead atoms. The van der Waals surface area contributed by atoms with Crippen LogP contribution in [0.5, 0.6) is 5.88 Å². The van der Waals surface area contributed by atoms with Gasteiger partial charge in [-0.15, -0.1) is 0 Å². The van der Waals surface area contributed by atoms with Crippen LogP contribution in [-0.2, 0) is 16.0 Å². The molecule has 0 radical (unpaired) electrons. The van der Waals surface area contributed by atoms with Crippen LogP contribution < -0.4 is 15.4 Å². The first-order valence-electron chi connectivity index (χ1n) is 8.59. The second-order valence-electron chi connectivity index (χ2n) is 5.91. The Morgan fingerprint density at radius 3 is 2.80 bits per heavy atom. The fourth-order valence-corrected chi connectivity index (χ4v) is 2.46. The zero-order chi connectivity index (χ0) is 17.9. The van der Waals surface area contributed by atoms with E-state index < -0.39 is 0 Å². The van der Waals surface area contributed by atoms with Crippen molar-refractivity contribution in [3.8, 4) is 5.88 Å². The number of nitrogens with one attached hydrogen (secondary N) is 2. The number of ether oxygens (including phenoxy) is 3. The molecule has 2 rings (SSSR count). The number of hydrogen-bond acceptors (Lipinski definition) is 6. The highest BCUT2D eigenvalue weighted by Gasteiger charge is 2.17. The maximum absolute atomic E-state index is 11.9. The van der Waals surface area contributed by atoms with Crippen molar-refractivity contribution < 1.29 is 19.0 Å². The molecule has 1 unspecified atom stereocenters. The van der Waals surface area contributed by atoms with E-state index in [4.69, 9.17) is 14.2 Å². The second-order valence-corrected chi connectivity index (χ2v) is 5.91. The van der Waals surface area contributed by atoms with Crippen molar-refractivity contribution >= 4 is 6.03 Å². The second kappa shape index (κ2) is 10.9. The van der Waals surface area contributed by atoms with E-state index in [1.807, 2.05) is 6.07 Å². The van der Waals surface area contributed by atoms with Gasteiger partial charge in [0.1, 0.15) is 6.61 Å². The van der Waals surface area contributed by atoms with Gasteiger partial charge in [-0.2, -0.15) is 0 Å². The predicted octanol–water partition coefficient (Wildman–Crippen LogP) is 0.627. The Morgan fingerprint density at radius 1 is 1.32 bits per heavy atom. The quantitative estimate of drug-likeness (QED) is 0.634. The Bertz CT molecular complexity index is 506. The topological polar surface area (TPSA) is 85.0 Å². The van der Waals surface area contributed by atoms with Crippen LogP contribution in [0.3, 0.4) is 0 Å². The lowest BCUT2D eigenvalue weighted by atomic mass is 10.2. The standard InChI is InChI=1S/C17H28N4O4/c1-14(21-5-7-24-8-6-21)11-19-17(22)20-13-15-3-4-16(18-12-15)25-10-9-23-2/h3-4,12,14H,5-11,13H2,1-2H3,(H2,19,20,22). The largest absolute Gasteiger partial charge is 0.475 e. The lowest BCUT2D eigenvalue weighted by Crippen LogP contribution is -2.48. The van der Waals surface area contributed by atoms with Crippen molar-refractivity contribution in [1.82, 2.24) is 20.5 Å². The molecule has 1 aliphatic heterocycles. The number of rotatable bonds is 9. The minimum absolute atomic E-state index is 0.180. The summed E-state index contributed by atoms with van der Waals surface area (Å²) in [6.07, 6.45) is 1.69. The van der Waals surface area contributed by atoms with Crippen LogP contribution in [-0.4, -0.2) is 75.1 Å². The Hall–Kier alpha value is -1.90. The van der Waals surface area contributed by atoms with E-state index in [-0.39, 0.29) is 6.03 Å². The molecule has 8 heteroatoms. The van der Waals surface area contributed by atoms with Crippen molar-refractivity contribution in [1.29, 1.82) is 0 Å². The van der Waals surface area contributed by atoms with E-state index in [2.05, 4.69) is 27.4 Å². The smallest absolute Gasteiger partial charge is 0.315 e.